The van der Waals surface area contributed by atoms with Crippen molar-refractivity contribution in [3.05, 3.63) is 68.8 Å². The fraction of sp³-hybridized carbons (Fsp3) is 0.0667. The molecule has 0 fully saturated rings. The van der Waals surface area contributed by atoms with E-state index in [4.69, 9.17) is 27.6 Å². The fourth-order valence-corrected chi connectivity index (χ4v) is 2.43. The second kappa shape index (κ2) is 7.37. The Bertz CT molecular complexity index is 902. The van der Waals surface area contributed by atoms with Crippen molar-refractivity contribution in [2.75, 3.05) is 10.6 Å². The summed E-state index contributed by atoms with van der Waals surface area (Å²) in [7, 11) is 0. The van der Waals surface area contributed by atoms with Gasteiger partial charge in [0.15, 0.2) is 0 Å². The molecule has 2 aromatic heterocycles. The molecule has 3 aromatic rings. The van der Waals surface area contributed by atoms with Crippen molar-refractivity contribution in [2.45, 2.75) is 6.54 Å². The largest absolute Gasteiger partial charge is 0.467 e. The van der Waals surface area contributed by atoms with E-state index in [1.165, 1.54) is 12.6 Å². The lowest BCUT2D eigenvalue weighted by Crippen LogP contribution is -2.08. The number of furan rings is 1. The van der Waals surface area contributed by atoms with Gasteiger partial charge in [-0.05, 0) is 24.3 Å². The molecule has 0 amide bonds. The summed E-state index contributed by atoms with van der Waals surface area (Å²) in [5.74, 6) is 0.656. The first kappa shape index (κ1) is 17.0. The van der Waals surface area contributed by atoms with Crippen molar-refractivity contribution in [1.29, 1.82) is 0 Å². The van der Waals surface area contributed by atoms with Crippen LogP contribution in [0.4, 0.5) is 23.0 Å². The van der Waals surface area contributed by atoms with Crippen LogP contribution in [0.3, 0.4) is 0 Å². The Labute approximate surface area is 152 Å². The average molecular weight is 380 g/mol. The molecule has 0 bridgehead atoms. The molecule has 0 spiro atoms. The van der Waals surface area contributed by atoms with E-state index < -0.39 is 4.92 Å². The van der Waals surface area contributed by atoms with Gasteiger partial charge in [0.05, 0.1) is 33.5 Å². The number of nitrogens with zero attached hydrogens (tertiary/aromatic N) is 3. The van der Waals surface area contributed by atoms with Crippen LogP contribution in [0.15, 0.2) is 47.3 Å². The first-order chi connectivity index (χ1) is 12.1. The van der Waals surface area contributed by atoms with Crippen LogP contribution in [0.25, 0.3) is 0 Å². The molecular formula is C15H11Cl2N5O3. The molecule has 0 aliphatic heterocycles. The lowest BCUT2D eigenvalue weighted by Gasteiger charge is -2.11. The highest BCUT2D eigenvalue weighted by Crippen LogP contribution is 2.35. The minimum Gasteiger partial charge on any atom is -0.467 e. The third kappa shape index (κ3) is 3.81. The van der Waals surface area contributed by atoms with Gasteiger partial charge in [0.25, 0.3) is 0 Å². The van der Waals surface area contributed by atoms with Gasteiger partial charge < -0.3 is 15.1 Å². The molecule has 2 N–H and O–H groups in total. The van der Waals surface area contributed by atoms with Gasteiger partial charge in [0.2, 0.25) is 11.6 Å². The van der Waals surface area contributed by atoms with E-state index in [1.807, 2.05) is 0 Å². The van der Waals surface area contributed by atoms with Gasteiger partial charge in [-0.25, -0.2) is 9.97 Å². The van der Waals surface area contributed by atoms with Crippen molar-refractivity contribution in [2.24, 2.45) is 0 Å². The Hall–Kier alpha value is -2.84. The van der Waals surface area contributed by atoms with Crippen molar-refractivity contribution in [3.63, 3.8) is 0 Å². The van der Waals surface area contributed by atoms with Gasteiger partial charge in [-0.3, -0.25) is 10.1 Å². The highest BCUT2D eigenvalue weighted by molar-refractivity contribution is 6.43. The Morgan fingerprint density at radius 3 is 2.68 bits per heavy atom. The number of halogens is 2. The summed E-state index contributed by atoms with van der Waals surface area (Å²) >= 11 is 12.1. The quantitative estimate of drug-likeness (QED) is 0.474. The van der Waals surface area contributed by atoms with Crippen LogP contribution in [0.5, 0.6) is 0 Å². The van der Waals surface area contributed by atoms with Gasteiger partial charge in [-0.1, -0.05) is 29.3 Å². The van der Waals surface area contributed by atoms with E-state index in [1.54, 1.807) is 30.3 Å². The number of benzene rings is 1. The number of nitro groups is 1. The maximum absolute atomic E-state index is 11.5. The second-order valence-corrected chi connectivity index (χ2v) is 5.62. The zero-order valence-corrected chi connectivity index (χ0v) is 14.1. The molecule has 128 valence electrons. The van der Waals surface area contributed by atoms with Gasteiger partial charge in [0, 0.05) is 0 Å². The molecule has 2 heterocycles. The van der Waals surface area contributed by atoms with Crippen LogP contribution in [0.1, 0.15) is 5.76 Å². The second-order valence-electron chi connectivity index (χ2n) is 4.84. The van der Waals surface area contributed by atoms with Gasteiger partial charge in [0.1, 0.15) is 12.1 Å². The van der Waals surface area contributed by atoms with Gasteiger partial charge in [-0.15, -0.1) is 0 Å². The molecule has 8 nitrogen and oxygen atoms in total. The van der Waals surface area contributed by atoms with Crippen LogP contribution < -0.4 is 10.6 Å². The predicted octanol–water partition coefficient (Wildman–Crippen LogP) is 4.64. The minimum absolute atomic E-state index is 0.00823. The van der Waals surface area contributed by atoms with Crippen molar-refractivity contribution in [1.82, 2.24) is 9.97 Å². The number of anilines is 3. The summed E-state index contributed by atoms with van der Waals surface area (Å²) in [6.07, 6.45) is 2.72. The Balaban J connectivity index is 1.92. The van der Waals surface area contributed by atoms with Crippen molar-refractivity contribution in [3.8, 4) is 0 Å². The van der Waals surface area contributed by atoms with Crippen molar-refractivity contribution < 1.29 is 9.34 Å². The zero-order chi connectivity index (χ0) is 17.8. The van der Waals surface area contributed by atoms with Crippen LogP contribution in [0, 0.1) is 10.1 Å². The Morgan fingerprint density at radius 2 is 1.96 bits per heavy atom. The molecule has 0 saturated carbocycles. The molecule has 3 rings (SSSR count). The topological polar surface area (TPSA) is 106 Å². The van der Waals surface area contributed by atoms with Crippen LogP contribution in [-0.4, -0.2) is 14.9 Å². The van der Waals surface area contributed by atoms with E-state index in [-0.39, 0.29) is 28.9 Å². The monoisotopic (exact) mass is 379 g/mol. The molecule has 0 saturated heterocycles. The normalized spacial score (nSPS) is 10.5. The summed E-state index contributed by atoms with van der Waals surface area (Å²) in [5.41, 5.74) is 0.0815. The van der Waals surface area contributed by atoms with E-state index in [9.17, 15) is 10.1 Å². The first-order valence-electron chi connectivity index (χ1n) is 7.03. The lowest BCUT2D eigenvalue weighted by molar-refractivity contribution is -0.383. The highest BCUT2D eigenvalue weighted by atomic mass is 35.5. The SMILES string of the molecule is O=[N+]([O-])c1c(NCc2ccco2)ncnc1Nc1cccc(Cl)c1Cl. The molecule has 0 unspecified atom stereocenters. The summed E-state index contributed by atoms with van der Waals surface area (Å²) < 4.78 is 5.19. The standard InChI is InChI=1S/C15H11Cl2N5O3/c16-10-4-1-5-11(12(10)17)21-15-13(22(23)24)14(19-8-20-15)18-7-9-3-2-6-25-9/h1-6,8H,7H2,(H2,18,19,20,21). The van der Waals surface area contributed by atoms with Crippen molar-refractivity contribution >= 4 is 46.2 Å². The van der Waals surface area contributed by atoms with E-state index >= 15 is 0 Å². The summed E-state index contributed by atoms with van der Waals surface area (Å²) in [5, 5.41) is 17.8. The molecule has 0 aliphatic carbocycles. The fourth-order valence-electron chi connectivity index (χ4n) is 2.08. The van der Waals surface area contributed by atoms with Gasteiger partial charge >= 0.3 is 5.69 Å². The number of hydrogen-bond donors (Lipinski definition) is 2. The van der Waals surface area contributed by atoms with Crippen LogP contribution >= 0.6 is 23.2 Å². The lowest BCUT2D eigenvalue weighted by atomic mass is 10.3. The molecule has 25 heavy (non-hydrogen) atoms. The van der Waals surface area contributed by atoms with Gasteiger partial charge in [-0.2, -0.15) is 0 Å². The van der Waals surface area contributed by atoms with Crippen LogP contribution in [-0.2, 0) is 6.54 Å². The number of rotatable bonds is 6. The van der Waals surface area contributed by atoms with Crippen LogP contribution in [0.2, 0.25) is 10.0 Å². The summed E-state index contributed by atoms with van der Waals surface area (Å²) in [4.78, 5) is 18.8. The highest BCUT2D eigenvalue weighted by Gasteiger charge is 2.24. The van der Waals surface area contributed by atoms with E-state index in [2.05, 4.69) is 20.6 Å². The maximum atomic E-state index is 11.5. The third-order valence-corrected chi connectivity index (χ3v) is 4.04. The molecule has 0 atom stereocenters. The zero-order valence-electron chi connectivity index (χ0n) is 12.6. The first-order valence-corrected chi connectivity index (χ1v) is 7.78. The van der Waals surface area contributed by atoms with E-state index in [0.29, 0.717) is 16.5 Å². The molecular weight excluding hydrogens is 369 g/mol. The number of nitrogens with one attached hydrogen (secondary N) is 2. The predicted molar refractivity (Wildman–Crippen MR) is 94.5 cm³/mol. The Morgan fingerprint density at radius 1 is 1.16 bits per heavy atom. The molecule has 0 aliphatic rings. The number of hydrogen-bond acceptors (Lipinski definition) is 7. The molecule has 0 radical (unpaired) electrons. The maximum Gasteiger partial charge on any atom is 0.353 e. The number of aromatic nitrogens is 2. The molecule has 1 aromatic carbocycles. The minimum atomic E-state index is -0.578. The average Bonchev–Trinajstić information content (AvgIpc) is 3.10. The summed E-state index contributed by atoms with van der Waals surface area (Å²) in [6.45, 7) is 0.238. The smallest absolute Gasteiger partial charge is 0.353 e. The summed E-state index contributed by atoms with van der Waals surface area (Å²) in [6, 6.07) is 8.37. The van der Waals surface area contributed by atoms with E-state index in [0.717, 1.165) is 0 Å². The Kier molecular flexibility index (Phi) is 5.01. The third-order valence-electron chi connectivity index (χ3n) is 3.22. The molecule has 10 heteroatoms.